The summed E-state index contributed by atoms with van der Waals surface area (Å²) in [6.45, 7) is 5.43. The summed E-state index contributed by atoms with van der Waals surface area (Å²) in [6.07, 6.45) is 0.679. The molecule has 0 saturated carbocycles. The van der Waals surface area contributed by atoms with Crippen molar-refractivity contribution in [2.75, 3.05) is 11.5 Å². The first-order valence-corrected chi connectivity index (χ1v) is 9.06. The van der Waals surface area contributed by atoms with Gasteiger partial charge in [0.25, 0.3) is 0 Å². The van der Waals surface area contributed by atoms with Crippen LogP contribution in [0.2, 0.25) is 0 Å². The van der Waals surface area contributed by atoms with E-state index in [2.05, 4.69) is 10.4 Å². The third kappa shape index (κ3) is 3.73. The highest BCUT2D eigenvalue weighted by Crippen LogP contribution is 2.14. The molecule has 1 fully saturated rings. The fourth-order valence-electron chi connectivity index (χ4n) is 2.84. The molecular weight excluding hydrogens is 306 g/mol. The molecule has 0 aromatic carbocycles. The van der Waals surface area contributed by atoms with E-state index in [0.29, 0.717) is 24.2 Å². The molecule has 8 heteroatoms. The summed E-state index contributed by atoms with van der Waals surface area (Å²) in [5.74, 6) is -0.0780. The van der Waals surface area contributed by atoms with E-state index in [-0.39, 0.29) is 35.7 Å². The molecule has 2 heterocycles. The van der Waals surface area contributed by atoms with E-state index in [1.54, 1.807) is 18.5 Å². The first kappa shape index (κ1) is 16.7. The van der Waals surface area contributed by atoms with Crippen LogP contribution in [0.1, 0.15) is 41.5 Å². The number of nitrogens with zero attached hydrogens (tertiary/aromatic N) is 2. The quantitative estimate of drug-likeness (QED) is 0.789. The average molecular weight is 327 g/mol. The van der Waals surface area contributed by atoms with Crippen molar-refractivity contribution < 1.29 is 18.0 Å². The summed E-state index contributed by atoms with van der Waals surface area (Å²) >= 11 is 0. The van der Waals surface area contributed by atoms with Gasteiger partial charge in [-0.15, -0.1) is 0 Å². The minimum Gasteiger partial charge on any atom is -0.352 e. The lowest BCUT2D eigenvalue weighted by Crippen LogP contribution is -2.36. The van der Waals surface area contributed by atoms with Gasteiger partial charge in [-0.2, -0.15) is 5.10 Å². The Labute approximate surface area is 130 Å². The van der Waals surface area contributed by atoms with Crippen LogP contribution >= 0.6 is 0 Å². The minimum atomic E-state index is -3.00. The number of aryl methyl sites for hydroxylation is 2. The van der Waals surface area contributed by atoms with Crippen molar-refractivity contribution >= 4 is 21.5 Å². The zero-order valence-corrected chi connectivity index (χ0v) is 13.9. The summed E-state index contributed by atoms with van der Waals surface area (Å²) in [7, 11) is -3.00. The number of sulfone groups is 1. The second kappa shape index (κ2) is 6.20. The fraction of sp³-hybridized carbons (Fsp3) is 0.643. The highest BCUT2D eigenvalue weighted by Gasteiger charge is 2.28. The van der Waals surface area contributed by atoms with Gasteiger partial charge in [0.1, 0.15) is 0 Å². The number of ketones is 1. The molecule has 1 aliphatic rings. The molecule has 0 radical (unpaired) electrons. The summed E-state index contributed by atoms with van der Waals surface area (Å²) < 4.78 is 24.4. The molecule has 1 aromatic rings. The molecule has 0 bridgehead atoms. The fourth-order valence-corrected chi connectivity index (χ4v) is 4.51. The molecule has 22 heavy (non-hydrogen) atoms. The van der Waals surface area contributed by atoms with Crippen LogP contribution in [0.3, 0.4) is 0 Å². The Morgan fingerprint density at radius 3 is 2.55 bits per heavy atom. The molecule has 2 rings (SSSR count). The first-order chi connectivity index (χ1) is 10.2. The van der Waals surface area contributed by atoms with Gasteiger partial charge in [0, 0.05) is 24.7 Å². The van der Waals surface area contributed by atoms with Crippen LogP contribution in [-0.4, -0.2) is 47.4 Å². The number of hydrogen-bond donors (Lipinski definition) is 1. The van der Waals surface area contributed by atoms with Crippen LogP contribution < -0.4 is 5.32 Å². The van der Waals surface area contributed by atoms with Crippen LogP contribution in [0.5, 0.6) is 0 Å². The first-order valence-electron chi connectivity index (χ1n) is 7.24. The molecule has 0 spiro atoms. The van der Waals surface area contributed by atoms with Crippen molar-refractivity contribution in [1.82, 2.24) is 15.1 Å². The van der Waals surface area contributed by atoms with Crippen LogP contribution in [0.4, 0.5) is 0 Å². The lowest BCUT2D eigenvalue weighted by molar-refractivity contribution is -0.121. The SMILES string of the molecule is CC(=O)c1c(C)nn(CCC(=O)N[C@H]2CCS(=O)(=O)C2)c1C. The Kier molecular flexibility index (Phi) is 4.69. The Bertz CT molecular complexity index is 706. The predicted octanol–water partition coefficient (Wildman–Crippen LogP) is 0.396. The molecule has 1 amide bonds. The molecule has 1 aromatic heterocycles. The van der Waals surface area contributed by atoms with E-state index in [9.17, 15) is 18.0 Å². The minimum absolute atomic E-state index is 0.0210. The Balaban J connectivity index is 1.92. The van der Waals surface area contributed by atoms with Crippen molar-refractivity contribution in [2.24, 2.45) is 0 Å². The number of carbonyl (C=O) groups excluding carboxylic acids is 2. The smallest absolute Gasteiger partial charge is 0.222 e. The third-order valence-electron chi connectivity index (χ3n) is 3.88. The number of hydrogen-bond acceptors (Lipinski definition) is 5. The zero-order chi connectivity index (χ0) is 16.5. The summed E-state index contributed by atoms with van der Waals surface area (Å²) in [5.41, 5.74) is 2.01. The molecule has 1 aliphatic heterocycles. The second-order valence-corrected chi connectivity index (χ2v) is 7.97. The number of carbonyl (C=O) groups is 2. The number of aromatic nitrogens is 2. The van der Waals surface area contributed by atoms with Gasteiger partial charge in [0.05, 0.1) is 22.8 Å². The van der Waals surface area contributed by atoms with Crippen LogP contribution in [0.25, 0.3) is 0 Å². The van der Waals surface area contributed by atoms with Crippen molar-refractivity contribution in [3.05, 3.63) is 17.0 Å². The van der Waals surface area contributed by atoms with Crippen molar-refractivity contribution in [1.29, 1.82) is 0 Å². The Morgan fingerprint density at radius 2 is 2.05 bits per heavy atom. The van der Waals surface area contributed by atoms with Gasteiger partial charge >= 0.3 is 0 Å². The highest BCUT2D eigenvalue weighted by atomic mass is 32.2. The van der Waals surface area contributed by atoms with Crippen LogP contribution in [0, 0.1) is 13.8 Å². The maximum atomic E-state index is 11.9. The van der Waals surface area contributed by atoms with E-state index in [4.69, 9.17) is 0 Å². The summed E-state index contributed by atoms with van der Waals surface area (Å²) in [6, 6.07) is -0.286. The molecule has 122 valence electrons. The molecule has 0 unspecified atom stereocenters. The Morgan fingerprint density at radius 1 is 1.36 bits per heavy atom. The standard InChI is InChI=1S/C14H21N3O4S/c1-9-14(11(3)18)10(2)17(16-9)6-4-13(19)15-12-5-7-22(20,21)8-12/h12H,4-8H2,1-3H3,(H,15,19)/t12-/m0/s1. The molecular formula is C14H21N3O4S. The van der Waals surface area contributed by atoms with Crippen molar-refractivity contribution in [3.8, 4) is 0 Å². The van der Waals surface area contributed by atoms with E-state index in [0.717, 1.165) is 5.69 Å². The zero-order valence-electron chi connectivity index (χ0n) is 13.0. The van der Waals surface area contributed by atoms with Gasteiger partial charge in [-0.3, -0.25) is 14.3 Å². The van der Waals surface area contributed by atoms with Gasteiger partial charge in [-0.05, 0) is 27.2 Å². The molecule has 1 N–H and O–H groups in total. The van der Waals surface area contributed by atoms with Crippen molar-refractivity contribution in [2.45, 2.75) is 46.2 Å². The maximum Gasteiger partial charge on any atom is 0.222 e. The van der Waals surface area contributed by atoms with Crippen LogP contribution in [-0.2, 0) is 21.2 Å². The van der Waals surface area contributed by atoms with E-state index in [1.165, 1.54) is 6.92 Å². The lowest BCUT2D eigenvalue weighted by Gasteiger charge is -2.11. The van der Waals surface area contributed by atoms with E-state index < -0.39 is 9.84 Å². The lowest BCUT2D eigenvalue weighted by atomic mass is 10.1. The van der Waals surface area contributed by atoms with Gasteiger partial charge < -0.3 is 5.32 Å². The number of amides is 1. The molecule has 1 atom stereocenters. The summed E-state index contributed by atoms with van der Waals surface area (Å²) in [4.78, 5) is 23.4. The largest absolute Gasteiger partial charge is 0.352 e. The highest BCUT2D eigenvalue weighted by molar-refractivity contribution is 7.91. The third-order valence-corrected chi connectivity index (χ3v) is 5.65. The molecule has 7 nitrogen and oxygen atoms in total. The number of Topliss-reactive ketones (excluding diaryl/α,β-unsaturated/α-hetero) is 1. The number of nitrogens with one attached hydrogen (secondary N) is 1. The normalized spacial score (nSPS) is 20.0. The monoisotopic (exact) mass is 327 g/mol. The van der Waals surface area contributed by atoms with E-state index >= 15 is 0 Å². The Hall–Kier alpha value is -1.70. The average Bonchev–Trinajstić information content (AvgIpc) is 2.86. The van der Waals surface area contributed by atoms with E-state index in [1.807, 2.05) is 0 Å². The predicted molar refractivity (Wildman–Crippen MR) is 81.5 cm³/mol. The van der Waals surface area contributed by atoms with Gasteiger partial charge in [-0.25, -0.2) is 8.42 Å². The van der Waals surface area contributed by atoms with Crippen molar-refractivity contribution in [3.63, 3.8) is 0 Å². The summed E-state index contributed by atoms with van der Waals surface area (Å²) in [5, 5.41) is 7.02. The van der Waals surface area contributed by atoms with Gasteiger partial charge in [-0.1, -0.05) is 0 Å². The maximum absolute atomic E-state index is 11.9. The van der Waals surface area contributed by atoms with Crippen LogP contribution in [0.15, 0.2) is 0 Å². The molecule has 1 saturated heterocycles. The topological polar surface area (TPSA) is 98.1 Å². The number of rotatable bonds is 5. The molecule has 0 aliphatic carbocycles. The second-order valence-electron chi connectivity index (χ2n) is 5.74. The van der Waals surface area contributed by atoms with Gasteiger partial charge in [0.2, 0.25) is 5.91 Å². The van der Waals surface area contributed by atoms with Gasteiger partial charge in [0.15, 0.2) is 15.6 Å².